The molecule has 1 aromatic carbocycles. The molecule has 0 N–H and O–H groups in total. The summed E-state index contributed by atoms with van der Waals surface area (Å²) in [6.07, 6.45) is 8.27. The summed E-state index contributed by atoms with van der Waals surface area (Å²) in [6.45, 7) is 15.2. The molecule has 0 saturated heterocycles. The van der Waals surface area contributed by atoms with E-state index in [1.54, 1.807) is 0 Å². The number of benzene rings is 1. The van der Waals surface area contributed by atoms with Crippen LogP contribution in [-0.4, -0.2) is 36.8 Å². The van der Waals surface area contributed by atoms with Crippen LogP contribution in [0.15, 0.2) is 23.8 Å². The first kappa shape index (κ1) is 36.1. The zero-order valence-electron chi connectivity index (χ0n) is 26.7. The van der Waals surface area contributed by atoms with E-state index in [9.17, 15) is 18.7 Å². The van der Waals surface area contributed by atoms with Gasteiger partial charge in [0.25, 0.3) is 0 Å². The summed E-state index contributed by atoms with van der Waals surface area (Å²) in [4.78, 5) is 23.2. The van der Waals surface area contributed by atoms with Gasteiger partial charge in [-0.25, -0.2) is 9.13 Å². The molecule has 0 spiro atoms. The highest BCUT2D eigenvalue weighted by Gasteiger charge is 2.37. The molecule has 0 aromatic heterocycles. The van der Waals surface area contributed by atoms with Crippen molar-refractivity contribution in [2.24, 2.45) is 0 Å². The first-order valence-corrected chi connectivity index (χ1v) is 18.4. The third-order valence-corrected chi connectivity index (χ3v) is 8.85. The molecule has 0 heterocycles. The molecule has 1 aromatic rings. The molecule has 1 aliphatic rings. The van der Waals surface area contributed by atoms with Crippen LogP contribution < -0.4 is 9.05 Å². The minimum atomic E-state index is -3.87. The fourth-order valence-electron chi connectivity index (χ4n) is 5.16. The second-order valence-corrected chi connectivity index (χ2v) is 15.7. The van der Waals surface area contributed by atoms with Crippen molar-refractivity contribution >= 4 is 27.1 Å². The normalized spacial score (nSPS) is 18.7. The van der Waals surface area contributed by atoms with Crippen LogP contribution in [0.4, 0.5) is 0 Å². The van der Waals surface area contributed by atoms with Gasteiger partial charge in [0.05, 0.1) is 13.3 Å². The second-order valence-electron chi connectivity index (χ2n) is 11.9. The Morgan fingerprint density at radius 2 is 1.36 bits per heavy atom. The van der Waals surface area contributed by atoms with Crippen LogP contribution in [0.5, 0.6) is 11.5 Å². The highest BCUT2D eigenvalue weighted by Crippen LogP contribution is 2.56. The lowest BCUT2D eigenvalue weighted by Gasteiger charge is -2.31. The monoisotopic (exact) mass is 630 g/mol. The molecule has 10 nitrogen and oxygen atoms in total. The molecule has 3 atom stereocenters. The Bertz CT molecular complexity index is 1180. The van der Waals surface area contributed by atoms with E-state index in [1.807, 2.05) is 19.1 Å². The van der Waals surface area contributed by atoms with Gasteiger partial charge in [0.1, 0.15) is 11.5 Å². The maximum Gasteiger partial charge on any atom is 0.379 e. The minimum Gasteiger partial charge on any atom is -0.433 e. The lowest BCUT2D eigenvalue weighted by Crippen LogP contribution is -2.30. The van der Waals surface area contributed by atoms with Crippen molar-refractivity contribution in [3.8, 4) is 11.5 Å². The van der Waals surface area contributed by atoms with Crippen molar-refractivity contribution in [3.05, 3.63) is 34.9 Å². The van der Waals surface area contributed by atoms with Gasteiger partial charge in [-0.15, -0.1) is 0 Å². The first-order chi connectivity index (χ1) is 19.2. The lowest BCUT2D eigenvalue weighted by atomic mass is 9.84. The number of unbranched alkanes of at least 4 members (excludes halogenated alkanes) is 2. The van der Waals surface area contributed by atoms with Gasteiger partial charge >= 0.3 is 27.1 Å². The molecule has 0 fully saturated rings. The van der Waals surface area contributed by atoms with E-state index in [-0.39, 0.29) is 17.4 Å². The van der Waals surface area contributed by atoms with Gasteiger partial charge in [-0.05, 0) is 56.7 Å². The highest BCUT2D eigenvalue weighted by atomic mass is 31.2. The Morgan fingerprint density at radius 3 is 1.76 bits per heavy atom. The maximum atomic E-state index is 13.7. The fraction of sp³-hybridized carbons (Fsp3) is 0.667. The molecule has 0 aliphatic heterocycles. The van der Waals surface area contributed by atoms with Gasteiger partial charge in [-0.1, -0.05) is 31.4 Å². The summed E-state index contributed by atoms with van der Waals surface area (Å²) in [5.41, 5.74) is 2.56. The van der Waals surface area contributed by atoms with Gasteiger partial charge in [0, 0.05) is 53.0 Å². The van der Waals surface area contributed by atoms with Crippen LogP contribution in [0.3, 0.4) is 0 Å². The lowest BCUT2D eigenvalue weighted by molar-refractivity contribution is -0.186. The van der Waals surface area contributed by atoms with Crippen LogP contribution in [0.25, 0.3) is 0 Å². The number of hydrogen-bond acceptors (Lipinski definition) is 10. The van der Waals surface area contributed by atoms with Crippen LogP contribution in [-0.2, 0) is 43.7 Å². The molecule has 238 valence electrons. The van der Waals surface area contributed by atoms with Gasteiger partial charge in [-0.3, -0.25) is 18.6 Å². The number of aryl methyl sites for hydroxylation is 1. The Labute approximate surface area is 250 Å². The molecular formula is C30H48O10P2. The van der Waals surface area contributed by atoms with Crippen molar-refractivity contribution < 1.29 is 46.3 Å². The molecule has 12 heteroatoms. The largest absolute Gasteiger partial charge is 0.433 e. The Hall–Kier alpha value is -2.12. The molecular weight excluding hydrogens is 582 g/mol. The van der Waals surface area contributed by atoms with Gasteiger partial charge < -0.3 is 18.5 Å². The van der Waals surface area contributed by atoms with Crippen LogP contribution in [0, 0.1) is 0 Å². The molecule has 2 rings (SSSR count). The van der Waals surface area contributed by atoms with E-state index in [0.717, 1.165) is 44.1 Å². The third-order valence-electron chi connectivity index (χ3n) is 6.25. The summed E-state index contributed by atoms with van der Waals surface area (Å²) in [6, 6.07) is 3.64. The van der Waals surface area contributed by atoms with E-state index >= 15 is 0 Å². The van der Waals surface area contributed by atoms with Crippen molar-refractivity contribution in [2.75, 3.05) is 13.3 Å². The number of allylic oxidation sites excluding steroid dienone is 2. The van der Waals surface area contributed by atoms with Gasteiger partial charge in [0.15, 0.2) is 0 Å². The molecule has 0 saturated carbocycles. The number of carbonyl (C=O) groups excluding carboxylic acids is 2. The van der Waals surface area contributed by atoms with E-state index in [2.05, 4.69) is 13.0 Å². The SMILES string of the molecule is CCCCCc1cc(OP(C)(=O)OC(C)(C)OC(C)=O)c(C2C=C(C)CCC2)c(OP(C)(=O)OC(C)(C)OC(C)=O)c1. The van der Waals surface area contributed by atoms with Crippen molar-refractivity contribution in [1.82, 2.24) is 0 Å². The standard InChI is InChI=1S/C30H48O10P2/c1-11-12-13-16-24-19-26(37-41(9,33)39-29(5,6)35-22(3)31)28(25-17-14-15-21(2)18-25)27(20-24)38-42(10,34)40-30(7,8)36-23(4)32/h18-20,25H,11-17H2,1-10H3. The predicted molar refractivity (Wildman–Crippen MR) is 162 cm³/mol. The van der Waals surface area contributed by atoms with Crippen LogP contribution >= 0.6 is 15.2 Å². The predicted octanol–water partition coefficient (Wildman–Crippen LogP) is 8.67. The number of esters is 2. The number of rotatable bonds is 15. The van der Waals surface area contributed by atoms with Crippen molar-refractivity contribution in [1.29, 1.82) is 0 Å². The van der Waals surface area contributed by atoms with E-state index in [0.29, 0.717) is 12.0 Å². The molecule has 42 heavy (non-hydrogen) atoms. The zero-order chi connectivity index (χ0) is 31.9. The topological polar surface area (TPSA) is 124 Å². The van der Waals surface area contributed by atoms with E-state index < -0.39 is 38.7 Å². The number of hydrogen-bond donors (Lipinski definition) is 0. The first-order valence-electron chi connectivity index (χ1n) is 14.4. The summed E-state index contributed by atoms with van der Waals surface area (Å²) < 4.78 is 61.5. The minimum absolute atomic E-state index is 0.198. The zero-order valence-corrected chi connectivity index (χ0v) is 28.5. The molecule has 0 bridgehead atoms. The van der Waals surface area contributed by atoms with Crippen LogP contribution in [0.1, 0.15) is 111 Å². The Kier molecular flexibility index (Phi) is 12.5. The van der Waals surface area contributed by atoms with Gasteiger partial charge in [0.2, 0.25) is 11.6 Å². The Balaban J connectivity index is 2.67. The summed E-state index contributed by atoms with van der Waals surface area (Å²) in [5, 5.41) is 0. The van der Waals surface area contributed by atoms with Crippen LogP contribution in [0.2, 0.25) is 0 Å². The van der Waals surface area contributed by atoms with Crippen molar-refractivity contribution in [2.45, 2.75) is 118 Å². The van der Waals surface area contributed by atoms with Gasteiger partial charge in [-0.2, -0.15) is 0 Å². The molecule has 0 amide bonds. The van der Waals surface area contributed by atoms with E-state index in [1.165, 1.54) is 60.4 Å². The average Bonchev–Trinajstić information content (AvgIpc) is 2.74. The summed E-state index contributed by atoms with van der Waals surface area (Å²) in [7, 11) is -7.74. The number of carbonyl (C=O) groups is 2. The molecule has 1 aliphatic carbocycles. The quantitative estimate of drug-likeness (QED) is 0.0611. The average molecular weight is 631 g/mol. The Morgan fingerprint density at radius 1 is 0.881 bits per heavy atom. The third kappa shape index (κ3) is 12.2. The summed E-state index contributed by atoms with van der Waals surface area (Å²) >= 11 is 0. The fourth-order valence-corrected chi connectivity index (χ4v) is 7.92. The van der Waals surface area contributed by atoms with Crippen molar-refractivity contribution in [3.63, 3.8) is 0 Å². The van der Waals surface area contributed by atoms with E-state index in [4.69, 9.17) is 27.6 Å². The maximum absolute atomic E-state index is 13.7. The smallest absolute Gasteiger partial charge is 0.379 e. The number of ether oxygens (including phenoxy) is 2. The molecule has 3 unspecified atom stereocenters. The molecule has 0 radical (unpaired) electrons. The second kappa shape index (κ2) is 14.6. The highest BCUT2D eigenvalue weighted by molar-refractivity contribution is 7.53. The summed E-state index contributed by atoms with van der Waals surface area (Å²) in [5.74, 6) is -3.87.